The fraction of sp³-hybridized carbons (Fsp3) is 0.929. The van der Waals surface area contributed by atoms with Crippen molar-refractivity contribution in [3.05, 3.63) is 0 Å². The lowest BCUT2D eigenvalue weighted by Gasteiger charge is -2.24. The molecule has 0 aliphatic heterocycles. The minimum absolute atomic E-state index is 0.132. The van der Waals surface area contributed by atoms with E-state index in [0.717, 1.165) is 25.7 Å². The zero-order valence-corrected chi connectivity index (χ0v) is 12.3. The van der Waals surface area contributed by atoms with Crippen molar-refractivity contribution in [2.75, 3.05) is 6.61 Å². The van der Waals surface area contributed by atoms with Gasteiger partial charge in [-0.3, -0.25) is 4.79 Å². The van der Waals surface area contributed by atoms with Crippen molar-refractivity contribution in [3.8, 4) is 0 Å². The number of carbonyl (C=O) groups is 1. The Morgan fingerprint density at radius 2 is 1.70 bits per heavy atom. The van der Waals surface area contributed by atoms with Crippen LogP contribution in [0.25, 0.3) is 0 Å². The van der Waals surface area contributed by atoms with E-state index >= 15 is 0 Å². The molecule has 0 radical (unpaired) electrons. The first-order valence-electron chi connectivity index (χ1n) is 7.33. The van der Waals surface area contributed by atoms with Gasteiger partial charge in [0.15, 0.2) is 0 Å². The molecule has 0 aliphatic rings. The molecular weight excluding hydrogens is 271 g/mol. The van der Waals surface area contributed by atoms with Gasteiger partial charge < -0.3 is 10.5 Å². The Morgan fingerprint density at radius 1 is 1.10 bits per heavy atom. The number of unbranched alkanes of at least 4 members (excludes halogenated alkanes) is 4. The highest BCUT2D eigenvalue weighted by Crippen LogP contribution is 2.28. The number of hydrogen-bond acceptors (Lipinski definition) is 3. The fourth-order valence-electron chi connectivity index (χ4n) is 1.95. The number of nitrogens with two attached hydrogens (primary N) is 1. The van der Waals surface area contributed by atoms with E-state index in [0.29, 0.717) is 12.8 Å². The molecule has 0 rings (SSSR count). The summed E-state index contributed by atoms with van der Waals surface area (Å²) in [5.74, 6) is -2.12. The molecule has 3 nitrogen and oxygen atoms in total. The molecule has 0 amide bonds. The summed E-state index contributed by atoms with van der Waals surface area (Å²) in [6.07, 6.45) is 0.600. The molecule has 0 fully saturated rings. The van der Waals surface area contributed by atoms with E-state index in [1.54, 1.807) is 6.92 Å². The summed E-state index contributed by atoms with van der Waals surface area (Å²) in [6, 6.07) is -2.14. The lowest BCUT2D eigenvalue weighted by atomic mass is 9.93. The first kappa shape index (κ1) is 19.2. The molecule has 0 bridgehead atoms. The monoisotopic (exact) mass is 297 g/mol. The molecule has 0 aliphatic carbocycles. The Kier molecular flexibility index (Phi) is 9.63. The molecule has 2 N–H and O–H groups in total. The molecule has 0 heterocycles. The second-order valence-electron chi connectivity index (χ2n) is 5.04. The van der Waals surface area contributed by atoms with Crippen molar-refractivity contribution < 1.29 is 22.7 Å². The number of esters is 1. The van der Waals surface area contributed by atoms with Gasteiger partial charge in [0.1, 0.15) is 6.04 Å². The molecule has 0 aromatic heterocycles. The van der Waals surface area contributed by atoms with E-state index in [4.69, 9.17) is 10.5 Å². The van der Waals surface area contributed by atoms with Crippen LogP contribution in [0.2, 0.25) is 0 Å². The van der Waals surface area contributed by atoms with Crippen LogP contribution in [0.4, 0.5) is 13.2 Å². The predicted molar refractivity (Wildman–Crippen MR) is 72.1 cm³/mol. The van der Waals surface area contributed by atoms with Gasteiger partial charge in [-0.1, -0.05) is 46.0 Å². The number of carbonyl (C=O) groups excluding carboxylic acids is 1. The molecule has 2 atom stereocenters. The van der Waals surface area contributed by atoms with E-state index in [1.807, 2.05) is 0 Å². The van der Waals surface area contributed by atoms with Crippen molar-refractivity contribution >= 4 is 5.97 Å². The smallest absolute Gasteiger partial charge is 0.404 e. The van der Waals surface area contributed by atoms with Gasteiger partial charge in [0.2, 0.25) is 0 Å². The summed E-state index contributed by atoms with van der Waals surface area (Å²) in [7, 11) is 0. The van der Waals surface area contributed by atoms with Crippen LogP contribution in [0.3, 0.4) is 0 Å². The number of rotatable bonds is 10. The van der Waals surface area contributed by atoms with Crippen molar-refractivity contribution in [2.45, 2.75) is 71.0 Å². The van der Waals surface area contributed by atoms with Crippen LogP contribution in [0.1, 0.15) is 58.8 Å². The topological polar surface area (TPSA) is 52.3 Å². The summed E-state index contributed by atoms with van der Waals surface area (Å²) in [6.45, 7) is 3.98. The van der Waals surface area contributed by atoms with Crippen molar-refractivity contribution in [3.63, 3.8) is 0 Å². The zero-order valence-electron chi connectivity index (χ0n) is 12.3. The third-order valence-corrected chi connectivity index (χ3v) is 3.18. The van der Waals surface area contributed by atoms with Gasteiger partial charge in [-0.15, -0.1) is 0 Å². The highest BCUT2D eigenvalue weighted by atomic mass is 19.4. The van der Waals surface area contributed by atoms with Crippen LogP contribution < -0.4 is 5.73 Å². The van der Waals surface area contributed by atoms with Crippen molar-refractivity contribution in [2.24, 2.45) is 11.7 Å². The van der Waals surface area contributed by atoms with Crippen LogP contribution in [0, 0.1) is 5.92 Å². The van der Waals surface area contributed by atoms with Gasteiger partial charge in [-0.25, -0.2) is 0 Å². The molecule has 0 saturated carbocycles. The summed E-state index contributed by atoms with van der Waals surface area (Å²) in [5.41, 5.74) is 5.18. The van der Waals surface area contributed by atoms with Gasteiger partial charge in [0, 0.05) is 0 Å². The van der Waals surface area contributed by atoms with Gasteiger partial charge in [0.05, 0.1) is 12.5 Å². The second kappa shape index (κ2) is 10.0. The average molecular weight is 297 g/mol. The standard InChI is InChI=1S/C14H26F3NO2/c1-3-5-6-7-8-9-11(12(18)14(15,16)17)13(19)20-10-4-2/h11-12H,3-10,18H2,1-2H3/t11-,12-/m0/s1. The minimum atomic E-state index is -4.57. The van der Waals surface area contributed by atoms with E-state index in [1.165, 1.54) is 0 Å². The lowest BCUT2D eigenvalue weighted by Crippen LogP contribution is -2.47. The van der Waals surface area contributed by atoms with Gasteiger partial charge in [0.25, 0.3) is 0 Å². The van der Waals surface area contributed by atoms with Crippen molar-refractivity contribution in [1.82, 2.24) is 0 Å². The highest BCUT2D eigenvalue weighted by molar-refractivity contribution is 5.73. The Balaban J connectivity index is 4.43. The molecule has 0 spiro atoms. The van der Waals surface area contributed by atoms with Crippen LogP contribution in [-0.2, 0) is 9.53 Å². The lowest BCUT2D eigenvalue weighted by molar-refractivity contribution is -0.177. The number of alkyl halides is 3. The SMILES string of the molecule is CCCCCCC[C@H](C(=O)OCCC)[C@H](N)C(F)(F)F. The van der Waals surface area contributed by atoms with Crippen LogP contribution >= 0.6 is 0 Å². The largest absolute Gasteiger partial charge is 0.465 e. The van der Waals surface area contributed by atoms with E-state index < -0.39 is 24.1 Å². The normalized spacial score (nSPS) is 14.9. The Bertz CT molecular complexity index is 270. The molecular formula is C14H26F3NO2. The molecule has 120 valence electrons. The quantitative estimate of drug-likeness (QED) is 0.493. The molecule has 6 heteroatoms. The van der Waals surface area contributed by atoms with E-state index in [-0.39, 0.29) is 13.0 Å². The predicted octanol–water partition coefficient (Wildman–Crippen LogP) is 3.81. The summed E-state index contributed by atoms with van der Waals surface area (Å²) >= 11 is 0. The maximum absolute atomic E-state index is 12.7. The third kappa shape index (κ3) is 7.72. The van der Waals surface area contributed by atoms with Crippen LogP contribution in [0.15, 0.2) is 0 Å². The van der Waals surface area contributed by atoms with E-state index in [9.17, 15) is 18.0 Å². The maximum Gasteiger partial charge on any atom is 0.404 e. The van der Waals surface area contributed by atoms with Gasteiger partial charge in [-0.2, -0.15) is 13.2 Å². The first-order valence-corrected chi connectivity index (χ1v) is 7.33. The Labute approximate surface area is 119 Å². The van der Waals surface area contributed by atoms with Gasteiger partial charge >= 0.3 is 12.1 Å². The van der Waals surface area contributed by atoms with Gasteiger partial charge in [-0.05, 0) is 12.8 Å². The minimum Gasteiger partial charge on any atom is -0.465 e. The van der Waals surface area contributed by atoms with Crippen molar-refractivity contribution in [1.29, 1.82) is 0 Å². The second-order valence-corrected chi connectivity index (χ2v) is 5.04. The summed E-state index contributed by atoms with van der Waals surface area (Å²) < 4.78 is 42.9. The molecule has 0 aromatic rings. The molecule has 0 unspecified atom stereocenters. The molecule has 0 saturated heterocycles. The first-order chi connectivity index (χ1) is 9.34. The maximum atomic E-state index is 12.7. The fourth-order valence-corrected chi connectivity index (χ4v) is 1.95. The molecule has 0 aromatic carbocycles. The van der Waals surface area contributed by atoms with E-state index in [2.05, 4.69) is 6.92 Å². The number of ether oxygens (including phenoxy) is 1. The van der Waals surface area contributed by atoms with Crippen LogP contribution in [-0.4, -0.2) is 24.8 Å². The van der Waals surface area contributed by atoms with Crippen LogP contribution in [0.5, 0.6) is 0 Å². The Morgan fingerprint density at radius 3 is 2.20 bits per heavy atom. The molecule has 20 heavy (non-hydrogen) atoms. The zero-order chi connectivity index (χ0) is 15.6. The third-order valence-electron chi connectivity index (χ3n) is 3.18. The average Bonchev–Trinajstić information content (AvgIpc) is 2.38. The number of halogens is 3. The summed E-state index contributed by atoms with van der Waals surface area (Å²) in [4.78, 5) is 11.7. The summed E-state index contributed by atoms with van der Waals surface area (Å²) in [5, 5.41) is 0. The number of hydrogen-bond donors (Lipinski definition) is 1. The Hall–Kier alpha value is -0.780. The highest BCUT2D eigenvalue weighted by Gasteiger charge is 2.45.